The Morgan fingerprint density at radius 2 is 1.26 bits per heavy atom. The summed E-state index contributed by atoms with van der Waals surface area (Å²) in [5, 5.41) is 10.6. The molecule has 0 aromatic carbocycles. The van der Waals surface area contributed by atoms with E-state index in [4.69, 9.17) is 0 Å². The van der Waals surface area contributed by atoms with E-state index in [1.807, 2.05) is 39.5 Å². The Hall–Kier alpha value is -3.18. The highest BCUT2D eigenvalue weighted by Crippen LogP contribution is 2.23. The van der Waals surface area contributed by atoms with Crippen LogP contribution in [-0.2, 0) is 28.8 Å². The Labute approximate surface area is 232 Å². The average molecular weight is 553 g/mol. The standard InChI is InChI=1S/C27H48N6O6/c1-16-10-13-32(22(7)34)12-9-11-28-24(36)14-26(38)30-21(6)31-27(39)15-25(37)29-18(3)17(2)20(5)33(19(16)4)23(8)35/h16-21H,9-15H2,1-8H3,(H,28,36)(H,29,37)(H,30,38)(H,31,39). The van der Waals surface area contributed by atoms with Crippen LogP contribution in [0.4, 0.5) is 0 Å². The van der Waals surface area contributed by atoms with E-state index in [-0.39, 0.29) is 41.8 Å². The number of amides is 6. The summed E-state index contributed by atoms with van der Waals surface area (Å²) in [6.07, 6.45) is -0.413. The maximum Gasteiger partial charge on any atom is 0.231 e. The van der Waals surface area contributed by atoms with E-state index in [1.165, 1.54) is 20.8 Å². The van der Waals surface area contributed by atoms with Gasteiger partial charge in [-0.05, 0) is 52.4 Å². The molecule has 0 aliphatic carbocycles. The molecule has 0 saturated carbocycles. The van der Waals surface area contributed by atoms with Crippen molar-refractivity contribution >= 4 is 35.4 Å². The highest BCUT2D eigenvalue weighted by Gasteiger charge is 2.32. The Morgan fingerprint density at radius 1 is 0.718 bits per heavy atom. The third-order valence-electron chi connectivity index (χ3n) is 7.63. The van der Waals surface area contributed by atoms with E-state index in [0.29, 0.717) is 32.5 Å². The number of hydrogen-bond donors (Lipinski definition) is 4. The highest BCUT2D eigenvalue weighted by atomic mass is 16.2. The van der Waals surface area contributed by atoms with Gasteiger partial charge in [0.1, 0.15) is 12.8 Å². The lowest BCUT2D eigenvalue weighted by atomic mass is 9.90. The van der Waals surface area contributed by atoms with Gasteiger partial charge >= 0.3 is 0 Å². The lowest BCUT2D eigenvalue weighted by Gasteiger charge is -2.41. The van der Waals surface area contributed by atoms with Crippen molar-refractivity contribution in [2.24, 2.45) is 11.8 Å². The molecule has 0 aromatic rings. The normalized spacial score (nSPS) is 29.9. The Morgan fingerprint density at radius 3 is 1.79 bits per heavy atom. The first-order valence-electron chi connectivity index (χ1n) is 13.8. The molecule has 0 bridgehead atoms. The van der Waals surface area contributed by atoms with Crippen LogP contribution in [0.25, 0.3) is 0 Å². The van der Waals surface area contributed by atoms with Crippen LogP contribution in [0.1, 0.15) is 81.1 Å². The van der Waals surface area contributed by atoms with Crippen molar-refractivity contribution in [2.45, 2.75) is 105 Å². The molecule has 0 spiro atoms. The maximum atomic E-state index is 12.7. The third kappa shape index (κ3) is 11.6. The van der Waals surface area contributed by atoms with E-state index >= 15 is 0 Å². The molecule has 12 heteroatoms. The zero-order chi connectivity index (χ0) is 29.9. The van der Waals surface area contributed by atoms with Gasteiger partial charge < -0.3 is 31.1 Å². The fraction of sp³-hybridized carbons (Fsp3) is 0.778. The van der Waals surface area contributed by atoms with Gasteiger partial charge in [0.2, 0.25) is 35.4 Å². The van der Waals surface area contributed by atoms with Gasteiger partial charge in [-0.15, -0.1) is 0 Å². The van der Waals surface area contributed by atoms with Crippen LogP contribution >= 0.6 is 0 Å². The second-order valence-electron chi connectivity index (χ2n) is 10.8. The molecule has 0 aromatic heterocycles. The van der Waals surface area contributed by atoms with E-state index in [2.05, 4.69) is 21.3 Å². The molecule has 12 nitrogen and oxygen atoms in total. The Kier molecular flexibility index (Phi) is 13.9. The van der Waals surface area contributed by atoms with Crippen LogP contribution in [0, 0.1) is 11.8 Å². The molecule has 6 unspecified atom stereocenters. The largest absolute Gasteiger partial charge is 0.356 e. The summed E-state index contributed by atoms with van der Waals surface area (Å²) < 4.78 is 0. The minimum atomic E-state index is -0.777. The first-order valence-corrected chi connectivity index (χ1v) is 13.8. The molecular formula is C27H48N6O6. The van der Waals surface area contributed by atoms with E-state index < -0.39 is 42.6 Å². The second kappa shape index (κ2) is 16.0. The number of carbonyl (C=O) groups is 6. The fourth-order valence-corrected chi connectivity index (χ4v) is 4.83. The summed E-state index contributed by atoms with van der Waals surface area (Å²) in [5.74, 6) is -2.26. The average Bonchev–Trinajstić information content (AvgIpc) is 2.80. The van der Waals surface area contributed by atoms with Gasteiger partial charge in [0, 0.05) is 51.6 Å². The van der Waals surface area contributed by atoms with Crippen molar-refractivity contribution < 1.29 is 28.8 Å². The van der Waals surface area contributed by atoms with Gasteiger partial charge in [-0.1, -0.05) is 13.8 Å². The third-order valence-corrected chi connectivity index (χ3v) is 7.63. The topological polar surface area (TPSA) is 157 Å². The molecular weight excluding hydrogens is 504 g/mol. The lowest BCUT2D eigenvalue weighted by molar-refractivity contribution is -0.136. The number of carbonyl (C=O) groups excluding carboxylic acids is 6. The maximum absolute atomic E-state index is 12.7. The predicted octanol–water partition coefficient (Wildman–Crippen LogP) is 0.506. The first kappa shape index (κ1) is 33.8. The molecule has 39 heavy (non-hydrogen) atoms. The molecule has 1 heterocycles. The zero-order valence-electron chi connectivity index (χ0n) is 24.8. The van der Waals surface area contributed by atoms with Crippen molar-refractivity contribution in [3.8, 4) is 0 Å². The van der Waals surface area contributed by atoms with E-state index in [0.717, 1.165) is 0 Å². The van der Waals surface area contributed by atoms with Gasteiger partial charge in [0.05, 0.1) is 6.17 Å². The molecule has 1 aliphatic rings. The van der Waals surface area contributed by atoms with Crippen molar-refractivity contribution in [1.82, 2.24) is 31.1 Å². The molecule has 222 valence electrons. The summed E-state index contributed by atoms with van der Waals surface area (Å²) in [6, 6.07) is -0.640. The van der Waals surface area contributed by atoms with Crippen LogP contribution < -0.4 is 21.3 Å². The monoisotopic (exact) mass is 552 g/mol. The van der Waals surface area contributed by atoms with Crippen LogP contribution in [0.15, 0.2) is 0 Å². The van der Waals surface area contributed by atoms with Gasteiger partial charge in [-0.2, -0.15) is 0 Å². The SMILES string of the molecule is CC(=O)N1CCCNC(=O)CC(=O)NC(C)NC(=O)CC(=O)NC(C)C(C)C(C)N(C(C)=O)C(C)C(C)CC1. The van der Waals surface area contributed by atoms with Gasteiger partial charge in [-0.25, -0.2) is 0 Å². The molecule has 1 rings (SSSR count). The molecule has 6 atom stereocenters. The molecule has 6 amide bonds. The molecule has 4 N–H and O–H groups in total. The van der Waals surface area contributed by atoms with E-state index in [9.17, 15) is 28.8 Å². The molecule has 0 radical (unpaired) electrons. The summed E-state index contributed by atoms with van der Waals surface area (Å²) >= 11 is 0. The van der Waals surface area contributed by atoms with Gasteiger partial charge in [0.25, 0.3) is 0 Å². The van der Waals surface area contributed by atoms with Crippen molar-refractivity contribution in [3.05, 3.63) is 0 Å². The van der Waals surface area contributed by atoms with Crippen molar-refractivity contribution in [1.29, 1.82) is 0 Å². The summed E-state index contributed by atoms with van der Waals surface area (Å²) in [4.78, 5) is 77.6. The number of hydrogen-bond acceptors (Lipinski definition) is 6. The Balaban J connectivity index is 3.10. The summed E-state index contributed by atoms with van der Waals surface area (Å²) in [5.41, 5.74) is 0. The Bertz CT molecular complexity index is 896. The van der Waals surface area contributed by atoms with Crippen molar-refractivity contribution in [2.75, 3.05) is 19.6 Å². The number of rotatable bonds is 0. The molecule has 1 aliphatic heterocycles. The quantitative estimate of drug-likeness (QED) is 0.321. The summed E-state index contributed by atoms with van der Waals surface area (Å²) in [7, 11) is 0. The molecule has 1 saturated heterocycles. The van der Waals surface area contributed by atoms with Crippen molar-refractivity contribution in [3.63, 3.8) is 0 Å². The molecule has 1 fully saturated rings. The summed E-state index contributed by atoms with van der Waals surface area (Å²) in [6.45, 7) is 15.6. The first-order chi connectivity index (χ1) is 18.1. The lowest BCUT2D eigenvalue weighted by Crippen LogP contribution is -2.53. The van der Waals surface area contributed by atoms with Gasteiger partial charge in [-0.3, -0.25) is 28.8 Å². The van der Waals surface area contributed by atoms with E-state index in [1.54, 1.807) is 4.90 Å². The predicted molar refractivity (Wildman–Crippen MR) is 147 cm³/mol. The van der Waals surface area contributed by atoms with Crippen LogP contribution in [0.3, 0.4) is 0 Å². The second-order valence-corrected chi connectivity index (χ2v) is 10.8. The van der Waals surface area contributed by atoms with Gasteiger partial charge in [0.15, 0.2) is 0 Å². The van der Waals surface area contributed by atoms with Crippen LogP contribution in [0.2, 0.25) is 0 Å². The smallest absolute Gasteiger partial charge is 0.231 e. The van der Waals surface area contributed by atoms with Crippen LogP contribution in [-0.4, -0.2) is 89.2 Å². The fourth-order valence-electron chi connectivity index (χ4n) is 4.83. The number of nitrogens with zero attached hydrogens (tertiary/aromatic N) is 2. The minimum absolute atomic E-state index is 0.0721. The van der Waals surface area contributed by atoms with Crippen LogP contribution in [0.5, 0.6) is 0 Å². The highest BCUT2D eigenvalue weighted by molar-refractivity contribution is 5.98. The zero-order valence-corrected chi connectivity index (χ0v) is 24.8. The minimum Gasteiger partial charge on any atom is -0.356 e. The number of nitrogens with one attached hydrogen (secondary N) is 4.